The zero-order chi connectivity index (χ0) is 29.5. The van der Waals surface area contributed by atoms with E-state index in [0.717, 1.165) is 37.5 Å². The topological polar surface area (TPSA) is 115 Å². The molecular weight excluding hydrogens is 532 g/mol. The number of carboxylic acid groups (broad SMARTS) is 2. The summed E-state index contributed by atoms with van der Waals surface area (Å²) in [7, 11) is 0. The molecule has 4 aliphatic carbocycles. The van der Waals surface area contributed by atoms with Crippen molar-refractivity contribution < 1.29 is 29.4 Å². The second-order valence-electron chi connectivity index (χ2n) is 15.0. The second kappa shape index (κ2) is 12.1. The molecule has 6 rings (SSSR count). The van der Waals surface area contributed by atoms with E-state index in [-0.39, 0.29) is 11.8 Å². The van der Waals surface area contributed by atoms with Gasteiger partial charge in [0.05, 0.1) is 11.8 Å². The molecule has 6 fully saturated rings. The molecule has 2 saturated heterocycles. The van der Waals surface area contributed by atoms with Gasteiger partial charge in [0.1, 0.15) is 11.1 Å². The van der Waals surface area contributed by atoms with Crippen LogP contribution in [0.2, 0.25) is 0 Å². The SMILES string of the molecule is O=C(O)C1CCC(CC2CCCCC2)CC12C(=O)N2CCCCN1C(=O)C12CC(CC1CCCCC1)CCC2C(=O)O. The van der Waals surface area contributed by atoms with Gasteiger partial charge in [0, 0.05) is 13.1 Å². The number of aliphatic carboxylic acids is 2. The van der Waals surface area contributed by atoms with E-state index in [1.807, 2.05) is 9.80 Å². The lowest BCUT2D eigenvalue weighted by atomic mass is 9.69. The first-order valence-corrected chi connectivity index (χ1v) is 17.4. The summed E-state index contributed by atoms with van der Waals surface area (Å²) in [5, 5.41) is 20.0. The van der Waals surface area contributed by atoms with Crippen LogP contribution in [0.1, 0.15) is 128 Å². The number of carbonyl (C=O) groups excluding carboxylic acids is 2. The predicted octanol–water partition coefficient (Wildman–Crippen LogP) is 5.87. The van der Waals surface area contributed by atoms with E-state index in [4.69, 9.17) is 0 Å². The summed E-state index contributed by atoms with van der Waals surface area (Å²) in [5.41, 5.74) is -1.66. The fourth-order valence-electron chi connectivity index (χ4n) is 10.4. The van der Waals surface area contributed by atoms with Crippen molar-refractivity contribution in [1.82, 2.24) is 9.80 Å². The van der Waals surface area contributed by atoms with Gasteiger partial charge in [-0.25, -0.2) is 0 Å². The molecule has 8 nitrogen and oxygen atoms in total. The summed E-state index contributed by atoms with van der Waals surface area (Å²) in [6, 6.07) is 0. The highest BCUT2D eigenvalue weighted by Crippen LogP contribution is 2.55. The molecule has 234 valence electrons. The summed E-state index contributed by atoms with van der Waals surface area (Å²) >= 11 is 0. The maximum atomic E-state index is 13.2. The lowest BCUT2D eigenvalue weighted by Crippen LogP contribution is -2.42. The minimum atomic E-state index is -0.849. The Hall–Kier alpha value is -2.12. The van der Waals surface area contributed by atoms with Crippen molar-refractivity contribution in [2.75, 3.05) is 13.1 Å². The van der Waals surface area contributed by atoms with Crippen molar-refractivity contribution in [2.24, 2.45) is 35.5 Å². The maximum Gasteiger partial charge on any atom is 0.309 e. The van der Waals surface area contributed by atoms with Crippen molar-refractivity contribution in [3.8, 4) is 0 Å². The smallest absolute Gasteiger partial charge is 0.309 e. The standard InChI is InChI=1S/C34H52N2O6/c37-29(38)27-15-13-25(19-23-9-3-1-4-10-23)21-33(27)31(41)35(33)17-7-8-18-36-32(42)34(36)22-26(14-16-28(34)30(39)40)20-24-11-5-2-6-12-24/h23-28H,1-22H2,(H,37,38)(H,39,40). The van der Waals surface area contributed by atoms with Gasteiger partial charge in [-0.1, -0.05) is 64.2 Å². The van der Waals surface area contributed by atoms with Crippen LogP contribution in [-0.4, -0.2) is 67.9 Å². The summed E-state index contributed by atoms with van der Waals surface area (Å²) in [5.74, 6) is -0.637. The highest BCUT2D eigenvalue weighted by molar-refractivity contribution is 6.06. The van der Waals surface area contributed by atoms with Crippen LogP contribution in [0.3, 0.4) is 0 Å². The Morgan fingerprint density at radius 2 is 0.952 bits per heavy atom. The van der Waals surface area contributed by atoms with E-state index < -0.39 is 34.9 Å². The van der Waals surface area contributed by atoms with Crippen LogP contribution in [0.25, 0.3) is 0 Å². The first kappa shape index (κ1) is 29.9. The third kappa shape index (κ3) is 5.49. The van der Waals surface area contributed by atoms with Crippen molar-refractivity contribution >= 4 is 23.8 Å². The van der Waals surface area contributed by atoms with Gasteiger partial charge in [0.25, 0.3) is 0 Å². The van der Waals surface area contributed by atoms with Gasteiger partial charge >= 0.3 is 11.9 Å². The second-order valence-corrected chi connectivity index (χ2v) is 15.0. The Morgan fingerprint density at radius 1 is 0.571 bits per heavy atom. The summed E-state index contributed by atoms with van der Waals surface area (Å²) in [4.78, 5) is 54.5. The zero-order valence-corrected chi connectivity index (χ0v) is 25.4. The van der Waals surface area contributed by atoms with Crippen LogP contribution in [0.15, 0.2) is 0 Å². The Labute approximate surface area is 251 Å². The number of rotatable bonds is 11. The molecule has 2 spiro atoms. The average molecular weight is 585 g/mol. The molecule has 6 aliphatic rings. The first-order chi connectivity index (χ1) is 20.3. The number of amides is 2. The van der Waals surface area contributed by atoms with E-state index in [2.05, 4.69) is 0 Å². The van der Waals surface area contributed by atoms with E-state index in [9.17, 15) is 29.4 Å². The molecular formula is C34H52N2O6. The molecule has 0 aromatic rings. The van der Waals surface area contributed by atoms with Gasteiger partial charge in [-0.05, 0) is 87.9 Å². The van der Waals surface area contributed by atoms with Crippen molar-refractivity contribution in [2.45, 2.75) is 139 Å². The molecule has 8 heteroatoms. The molecule has 0 aromatic carbocycles. The monoisotopic (exact) mass is 584 g/mol. The third-order valence-corrected chi connectivity index (χ3v) is 12.6. The minimum Gasteiger partial charge on any atom is -0.481 e. The fourth-order valence-corrected chi connectivity index (χ4v) is 10.4. The number of hydrogen-bond donors (Lipinski definition) is 2. The molecule has 2 amide bonds. The van der Waals surface area contributed by atoms with Crippen LogP contribution in [-0.2, 0) is 19.2 Å². The van der Waals surface area contributed by atoms with Gasteiger partial charge in [0.15, 0.2) is 0 Å². The molecule has 0 bridgehead atoms. The van der Waals surface area contributed by atoms with Gasteiger partial charge in [-0.2, -0.15) is 0 Å². The van der Waals surface area contributed by atoms with Crippen molar-refractivity contribution in [1.29, 1.82) is 0 Å². The number of hydrogen-bond acceptors (Lipinski definition) is 4. The quantitative estimate of drug-likeness (QED) is 0.232. The highest BCUT2D eigenvalue weighted by Gasteiger charge is 2.71. The number of nitrogens with zero attached hydrogens (tertiary/aromatic N) is 2. The molecule has 4 saturated carbocycles. The van der Waals surface area contributed by atoms with E-state index in [0.29, 0.717) is 63.5 Å². The molecule has 0 radical (unpaired) electrons. The number of carboxylic acids is 2. The summed E-state index contributed by atoms with van der Waals surface area (Å²) in [6.45, 7) is 1.06. The van der Waals surface area contributed by atoms with E-state index in [1.54, 1.807) is 0 Å². The molecule has 6 atom stereocenters. The lowest BCUT2D eigenvalue weighted by Gasteiger charge is -2.36. The molecule has 2 aliphatic heterocycles. The van der Waals surface area contributed by atoms with E-state index >= 15 is 0 Å². The van der Waals surface area contributed by atoms with Crippen LogP contribution < -0.4 is 0 Å². The number of unbranched alkanes of at least 4 members (excludes halogenated alkanes) is 1. The van der Waals surface area contributed by atoms with Crippen LogP contribution in [0.5, 0.6) is 0 Å². The normalized spacial score (nSPS) is 37.4. The maximum absolute atomic E-state index is 13.2. The van der Waals surface area contributed by atoms with Crippen molar-refractivity contribution in [3.05, 3.63) is 0 Å². The zero-order valence-electron chi connectivity index (χ0n) is 25.4. The van der Waals surface area contributed by atoms with Gasteiger partial charge in [-0.15, -0.1) is 0 Å². The summed E-state index contributed by atoms with van der Waals surface area (Å²) in [6.07, 6.45) is 20.9. The molecule has 6 unspecified atom stereocenters. The highest BCUT2D eigenvalue weighted by atomic mass is 16.4. The molecule has 2 N–H and O–H groups in total. The predicted molar refractivity (Wildman–Crippen MR) is 157 cm³/mol. The molecule has 2 heterocycles. The Morgan fingerprint density at radius 3 is 1.31 bits per heavy atom. The van der Waals surface area contributed by atoms with Gasteiger partial charge < -0.3 is 20.0 Å². The third-order valence-electron chi connectivity index (χ3n) is 12.6. The minimum absolute atomic E-state index is 0.00583. The van der Waals surface area contributed by atoms with E-state index in [1.165, 1.54) is 64.2 Å². The van der Waals surface area contributed by atoms with Gasteiger partial charge in [0.2, 0.25) is 11.8 Å². The number of carbonyl (C=O) groups is 4. The Balaban J connectivity index is 1.02. The van der Waals surface area contributed by atoms with Gasteiger partial charge in [-0.3, -0.25) is 19.2 Å². The first-order valence-electron chi connectivity index (χ1n) is 17.4. The van der Waals surface area contributed by atoms with Crippen molar-refractivity contribution in [3.63, 3.8) is 0 Å². The largest absolute Gasteiger partial charge is 0.481 e. The van der Waals surface area contributed by atoms with Crippen LogP contribution >= 0.6 is 0 Å². The molecule has 42 heavy (non-hydrogen) atoms. The Bertz CT molecular complexity index is 969. The average Bonchev–Trinajstić information content (AvgIpc) is 3.74. The fraction of sp³-hybridized carbons (Fsp3) is 0.882. The lowest BCUT2D eigenvalue weighted by molar-refractivity contribution is -0.146. The molecule has 0 aromatic heterocycles. The Kier molecular flexibility index (Phi) is 8.63. The van der Waals surface area contributed by atoms with Crippen LogP contribution in [0, 0.1) is 35.5 Å². The summed E-state index contributed by atoms with van der Waals surface area (Å²) < 4.78 is 0. The van der Waals surface area contributed by atoms with Crippen LogP contribution in [0.4, 0.5) is 0 Å².